The van der Waals surface area contributed by atoms with Gasteiger partial charge in [-0.3, -0.25) is 37.3 Å². The standard InChI is InChI=1S/C84H164O17P2/c1-7-10-12-14-16-17-18-19-20-21-25-28-33-38-43-49-55-61-67-82(87)95-73-80(101-84(89)68-62-56-50-44-39-34-29-26-23-22-24-27-32-37-42-48-53-59-65-77(6)9-3)75-99-103(92,93)97-71-78(85)70-96-102(90,91)98-74-79(72-94-81(86)66-60-54-46-15-13-11-8-2)100-83(88)69-63-57-51-45-40-35-30-31-36-41-47-52-58-64-76(4)5/h76-80,85H,7-75H2,1-6H3,(H,90,91)(H,92,93)/t77?,78-,79+,80+/m0/s1. The van der Waals surface area contributed by atoms with E-state index < -0.39 is 97.5 Å². The van der Waals surface area contributed by atoms with Crippen LogP contribution in [0, 0.1) is 11.8 Å². The first-order chi connectivity index (χ1) is 49.9. The molecule has 3 unspecified atom stereocenters. The average Bonchev–Trinajstić information content (AvgIpc) is 0.910. The molecular formula is C84H164O17P2. The van der Waals surface area contributed by atoms with Gasteiger partial charge in [0.2, 0.25) is 0 Å². The predicted octanol–water partition coefficient (Wildman–Crippen LogP) is 25.5. The summed E-state index contributed by atoms with van der Waals surface area (Å²) in [6, 6.07) is 0. The number of aliphatic hydroxyl groups is 1. The van der Waals surface area contributed by atoms with Crippen LogP contribution in [0.15, 0.2) is 0 Å². The summed E-state index contributed by atoms with van der Waals surface area (Å²) in [4.78, 5) is 73.0. The number of unbranched alkanes of at least 4 members (excludes halogenated alkanes) is 52. The molecule has 103 heavy (non-hydrogen) atoms. The van der Waals surface area contributed by atoms with Crippen molar-refractivity contribution in [3.05, 3.63) is 0 Å². The Morgan fingerprint density at radius 3 is 0.738 bits per heavy atom. The zero-order valence-electron chi connectivity index (χ0n) is 67.6. The van der Waals surface area contributed by atoms with Crippen molar-refractivity contribution < 1.29 is 80.2 Å². The van der Waals surface area contributed by atoms with Crippen molar-refractivity contribution in [2.45, 2.75) is 464 Å². The van der Waals surface area contributed by atoms with Crippen molar-refractivity contribution >= 4 is 39.5 Å². The molecule has 0 rings (SSSR count). The zero-order valence-corrected chi connectivity index (χ0v) is 69.4. The summed E-state index contributed by atoms with van der Waals surface area (Å²) in [6.07, 6.45) is 66.8. The second-order valence-electron chi connectivity index (χ2n) is 30.9. The number of phosphoric acid groups is 2. The molecule has 0 saturated heterocycles. The summed E-state index contributed by atoms with van der Waals surface area (Å²) >= 11 is 0. The van der Waals surface area contributed by atoms with E-state index in [1.54, 1.807) is 0 Å². The van der Waals surface area contributed by atoms with Crippen molar-refractivity contribution in [1.29, 1.82) is 0 Å². The molecule has 0 aromatic carbocycles. The summed E-state index contributed by atoms with van der Waals surface area (Å²) in [5.41, 5.74) is 0. The Bertz CT molecular complexity index is 1980. The molecule has 19 heteroatoms. The Labute approximate surface area is 632 Å². The van der Waals surface area contributed by atoms with E-state index in [9.17, 15) is 43.2 Å². The fourth-order valence-electron chi connectivity index (χ4n) is 13.0. The number of esters is 4. The lowest BCUT2D eigenvalue weighted by Gasteiger charge is -2.21. The van der Waals surface area contributed by atoms with Gasteiger partial charge in [-0.05, 0) is 37.5 Å². The predicted molar refractivity (Wildman–Crippen MR) is 423 cm³/mol. The second kappa shape index (κ2) is 75.5. The van der Waals surface area contributed by atoms with Crippen LogP contribution in [0.1, 0.15) is 446 Å². The minimum absolute atomic E-state index is 0.107. The highest BCUT2D eigenvalue weighted by atomic mass is 31.2. The molecule has 17 nitrogen and oxygen atoms in total. The zero-order chi connectivity index (χ0) is 75.6. The van der Waals surface area contributed by atoms with Crippen LogP contribution < -0.4 is 0 Å². The molecule has 6 atom stereocenters. The van der Waals surface area contributed by atoms with Gasteiger partial charge in [0.1, 0.15) is 19.3 Å². The SMILES string of the molecule is CCCCCCCCCCCCCCCCCCCCC(=O)OC[C@H](COP(=O)(O)OC[C@@H](O)COP(=O)(O)OC[C@@H](COC(=O)CCCCCCCCC)OC(=O)CCCCCCCCCCCCCCCC(C)C)OC(=O)CCCCCCCCCCCCCCCCCCCCC(C)CC. The van der Waals surface area contributed by atoms with E-state index in [1.807, 2.05) is 0 Å². The Balaban J connectivity index is 5.16. The topological polar surface area (TPSA) is 237 Å². The van der Waals surface area contributed by atoms with Crippen molar-refractivity contribution in [3.63, 3.8) is 0 Å². The minimum Gasteiger partial charge on any atom is -0.462 e. The van der Waals surface area contributed by atoms with E-state index in [4.69, 9.17) is 37.0 Å². The number of carbonyl (C=O) groups is 4. The van der Waals surface area contributed by atoms with Gasteiger partial charge in [-0.25, -0.2) is 9.13 Å². The Kier molecular flexibility index (Phi) is 74.1. The van der Waals surface area contributed by atoms with Crippen molar-refractivity contribution in [3.8, 4) is 0 Å². The lowest BCUT2D eigenvalue weighted by Crippen LogP contribution is -2.30. The molecule has 0 aliphatic carbocycles. The van der Waals surface area contributed by atoms with Gasteiger partial charge in [0.05, 0.1) is 26.4 Å². The maximum atomic E-state index is 13.1. The third kappa shape index (κ3) is 76.6. The Morgan fingerprint density at radius 2 is 0.495 bits per heavy atom. The van der Waals surface area contributed by atoms with Gasteiger partial charge in [0.25, 0.3) is 0 Å². The molecule has 0 saturated carbocycles. The largest absolute Gasteiger partial charge is 0.472 e. The second-order valence-corrected chi connectivity index (χ2v) is 33.8. The Hall–Kier alpha value is -1.94. The number of rotatable bonds is 83. The molecule has 0 radical (unpaired) electrons. The molecule has 0 aliphatic heterocycles. The number of hydrogen-bond donors (Lipinski definition) is 3. The molecule has 3 N–H and O–H groups in total. The van der Waals surface area contributed by atoms with Crippen LogP contribution in [-0.4, -0.2) is 96.7 Å². The fraction of sp³-hybridized carbons (Fsp3) is 0.952. The third-order valence-electron chi connectivity index (χ3n) is 20.1. The van der Waals surface area contributed by atoms with E-state index in [1.165, 1.54) is 250 Å². The van der Waals surface area contributed by atoms with Crippen LogP contribution in [0.25, 0.3) is 0 Å². The van der Waals surface area contributed by atoms with Crippen LogP contribution in [-0.2, 0) is 65.4 Å². The molecule has 0 aromatic rings. The fourth-order valence-corrected chi connectivity index (χ4v) is 14.6. The van der Waals surface area contributed by atoms with Gasteiger partial charge in [-0.1, -0.05) is 395 Å². The van der Waals surface area contributed by atoms with Crippen LogP contribution >= 0.6 is 15.6 Å². The minimum atomic E-state index is -4.96. The summed E-state index contributed by atoms with van der Waals surface area (Å²) in [7, 11) is -9.92. The number of phosphoric ester groups is 2. The molecular weight excluding hydrogens is 1340 g/mol. The first kappa shape index (κ1) is 101. The Morgan fingerprint density at radius 1 is 0.282 bits per heavy atom. The van der Waals surface area contributed by atoms with Gasteiger partial charge in [-0.2, -0.15) is 0 Å². The first-order valence-electron chi connectivity index (χ1n) is 43.5. The maximum Gasteiger partial charge on any atom is 0.472 e. The van der Waals surface area contributed by atoms with Crippen molar-refractivity contribution in [2.75, 3.05) is 39.6 Å². The number of ether oxygens (including phenoxy) is 4. The lowest BCUT2D eigenvalue weighted by molar-refractivity contribution is -0.161. The van der Waals surface area contributed by atoms with E-state index in [-0.39, 0.29) is 25.7 Å². The molecule has 612 valence electrons. The van der Waals surface area contributed by atoms with E-state index >= 15 is 0 Å². The quantitative estimate of drug-likeness (QED) is 0.0222. The maximum absolute atomic E-state index is 13.1. The van der Waals surface area contributed by atoms with Crippen molar-refractivity contribution in [2.24, 2.45) is 11.8 Å². The first-order valence-corrected chi connectivity index (χ1v) is 46.5. The molecule has 0 bridgehead atoms. The average molecular weight is 1510 g/mol. The molecule has 0 aliphatic rings. The van der Waals surface area contributed by atoms with Gasteiger partial charge in [0, 0.05) is 25.7 Å². The van der Waals surface area contributed by atoms with E-state index in [0.717, 1.165) is 115 Å². The van der Waals surface area contributed by atoms with Crippen LogP contribution in [0.5, 0.6) is 0 Å². The van der Waals surface area contributed by atoms with Gasteiger partial charge in [-0.15, -0.1) is 0 Å². The van der Waals surface area contributed by atoms with Gasteiger partial charge >= 0.3 is 39.5 Å². The molecule has 0 aromatic heterocycles. The summed E-state index contributed by atoms with van der Waals surface area (Å²) in [5, 5.41) is 10.6. The number of carbonyl (C=O) groups excluding carboxylic acids is 4. The summed E-state index contributed by atoms with van der Waals surface area (Å²) < 4.78 is 68.7. The summed E-state index contributed by atoms with van der Waals surface area (Å²) in [5.74, 6) is -0.452. The molecule has 0 amide bonds. The normalized spacial score (nSPS) is 14.1. The molecule has 0 spiro atoms. The van der Waals surface area contributed by atoms with Crippen LogP contribution in [0.4, 0.5) is 0 Å². The van der Waals surface area contributed by atoms with E-state index in [0.29, 0.717) is 25.7 Å². The highest BCUT2D eigenvalue weighted by Gasteiger charge is 2.30. The molecule has 0 heterocycles. The number of hydrogen-bond acceptors (Lipinski definition) is 15. The summed E-state index contributed by atoms with van der Waals surface area (Å²) in [6.45, 7) is 9.70. The van der Waals surface area contributed by atoms with Crippen LogP contribution in [0.3, 0.4) is 0 Å². The third-order valence-corrected chi connectivity index (χ3v) is 22.0. The highest BCUT2D eigenvalue weighted by Crippen LogP contribution is 2.45. The van der Waals surface area contributed by atoms with Crippen molar-refractivity contribution in [1.82, 2.24) is 0 Å². The lowest BCUT2D eigenvalue weighted by atomic mass is 9.99. The number of aliphatic hydroxyl groups excluding tert-OH is 1. The highest BCUT2D eigenvalue weighted by molar-refractivity contribution is 7.47. The monoisotopic (exact) mass is 1510 g/mol. The molecule has 0 fully saturated rings. The van der Waals surface area contributed by atoms with Gasteiger partial charge in [0.15, 0.2) is 12.2 Å². The smallest absolute Gasteiger partial charge is 0.462 e. The van der Waals surface area contributed by atoms with Crippen LogP contribution in [0.2, 0.25) is 0 Å². The van der Waals surface area contributed by atoms with E-state index in [2.05, 4.69) is 41.5 Å². The van der Waals surface area contributed by atoms with Gasteiger partial charge < -0.3 is 33.8 Å².